The summed E-state index contributed by atoms with van der Waals surface area (Å²) in [6.45, 7) is 2.01. The van der Waals surface area contributed by atoms with Gasteiger partial charge >= 0.3 is 6.18 Å². The fraction of sp³-hybridized carbons (Fsp3) is 0.200. The molecule has 6 nitrogen and oxygen atoms in total. The molecule has 1 atom stereocenters. The molecule has 1 N–H and O–H groups in total. The number of aromatic nitrogens is 2. The van der Waals surface area contributed by atoms with Crippen molar-refractivity contribution in [3.63, 3.8) is 0 Å². The Morgan fingerprint density at radius 2 is 1.83 bits per heavy atom. The van der Waals surface area contributed by atoms with Crippen LogP contribution in [0.5, 0.6) is 11.5 Å². The SMILES string of the molecule is CC(NC(=O)c1ccc(-n2ccc(C(F)(F)F)n2)cc1)c1ccc2c(c1)OCO2. The van der Waals surface area contributed by atoms with E-state index in [2.05, 4.69) is 10.4 Å². The number of carbonyl (C=O) groups excluding carboxylic acids is 1. The number of ether oxygens (including phenoxy) is 2. The van der Waals surface area contributed by atoms with Crippen LogP contribution >= 0.6 is 0 Å². The van der Waals surface area contributed by atoms with Crippen LogP contribution in [-0.2, 0) is 6.18 Å². The summed E-state index contributed by atoms with van der Waals surface area (Å²) in [5, 5.41) is 6.39. The number of amides is 1. The fourth-order valence-electron chi connectivity index (χ4n) is 2.93. The van der Waals surface area contributed by atoms with Gasteiger partial charge in [-0.3, -0.25) is 4.79 Å². The highest BCUT2D eigenvalue weighted by Gasteiger charge is 2.33. The molecule has 1 aromatic heterocycles. The molecule has 3 aromatic rings. The summed E-state index contributed by atoms with van der Waals surface area (Å²) in [7, 11) is 0. The Morgan fingerprint density at radius 3 is 2.52 bits per heavy atom. The summed E-state index contributed by atoms with van der Waals surface area (Å²) < 4.78 is 49.8. The molecule has 0 saturated heterocycles. The molecule has 1 aliphatic heterocycles. The number of carbonyl (C=O) groups is 1. The number of alkyl halides is 3. The minimum atomic E-state index is -4.50. The van der Waals surface area contributed by atoms with Crippen LogP contribution in [0.4, 0.5) is 13.2 Å². The van der Waals surface area contributed by atoms with E-state index in [1.54, 1.807) is 6.07 Å². The van der Waals surface area contributed by atoms with Crippen LogP contribution in [0.15, 0.2) is 54.7 Å². The maximum Gasteiger partial charge on any atom is 0.435 e. The van der Waals surface area contributed by atoms with E-state index in [1.165, 1.54) is 30.5 Å². The van der Waals surface area contributed by atoms with Crippen LogP contribution in [0.2, 0.25) is 0 Å². The largest absolute Gasteiger partial charge is 0.454 e. The van der Waals surface area contributed by atoms with Gasteiger partial charge in [-0.15, -0.1) is 0 Å². The van der Waals surface area contributed by atoms with Crippen molar-refractivity contribution < 1.29 is 27.4 Å². The van der Waals surface area contributed by atoms with Crippen molar-refractivity contribution in [2.45, 2.75) is 19.1 Å². The average molecular weight is 403 g/mol. The molecule has 0 spiro atoms. The van der Waals surface area contributed by atoms with Crippen LogP contribution in [0.1, 0.15) is 34.6 Å². The first-order valence-corrected chi connectivity index (χ1v) is 8.75. The number of nitrogens with zero attached hydrogens (tertiary/aromatic N) is 2. The molecule has 29 heavy (non-hydrogen) atoms. The second-order valence-corrected chi connectivity index (χ2v) is 6.50. The molecule has 1 unspecified atom stereocenters. The summed E-state index contributed by atoms with van der Waals surface area (Å²) in [4.78, 5) is 12.5. The molecule has 0 saturated carbocycles. The van der Waals surface area contributed by atoms with Crippen molar-refractivity contribution in [1.82, 2.24) is 15.1 Å². The van der Waals surface area contributed by atoms with Crippen molar-refractivity contribution in [2.75, 3.05) is 6.79 Å². The maximum atomic E-state index is 12.7. The molecular formula is C20H16F3N3O3. The highest BCUT2D eigenvalue weighted by molar-refractivity contribution is 5.94. The molecule has 4 rings (SSSR count). The number of rotatable bonds is 4. The highest BCUT2D eigenvalue weighted by Crippen LogP contribution is 2.34. The van der Waals surface area contributed by atoms with Crippen LogP contribution in [0, 0.1) is 0 Å². The van der Waals surface area contributed by atoms with E-state index in [1.807, 2.05) is 19.1 Å². The minimum absolute atomic E-state index is 0.173. The molecule has 9 heteroatoms. The van der Waals surface area contributed by atoms with Crippen molar-refractivity contribution in [3.05, 3.63) is 71.5 Å². The van der Waals surface area contributed by atoms with Crippen LogP contribution in [0.25, 0.3) is 5.69 Å². The molecule has 0 bridgehead atoms. The van der Waals surface area contributed by atoms with E-state index in [9.17, 15) is 18.0 Å². The minimum Gasteiger partial charge on any atom is -0.454 e. The maximum absolute atomic E-state index is 12.7. The summed E-state index contributed by atoms with van der Waals surface area (Å²) >= 11 is 0. The zero-order valence-corrected chi connectivity index (χ0v) is 15.2. The highest BCUT2D eigenvalue weighted by atomic mass is 19.4. The third kappa shape index (κ3) is 3.89. The van der Waals surface area contributed by atoms with Crippen molar-refractivity contribution >= 4 is 5.91 Å². The van der Waals surface area contributed by atoms with E-state index in [0.717, 1.165) is 16.3 Å². The number of nitrogens with one attached hydrogen (secondary N) is 1. The van der Waals surface area contributed by atoms with E-state index in [-0.39, 0.29) is 18.7 Å². The lowest BCUT2D eigenvalue weighted by molar-refractivity contribution is -0.141. The zero-order chi connectivity index (χ0) is 20.6. The third-order valence-corrected chi connectivity index (χ3v) is 4.52. The number of fused-ring (bicyclic) bond motifs is 1. The molecule has 1 aliphatic rings. The lowest BCUT2D eigenvalue weighted by atomic mass is 10.1. The Balaban J connectivity index is 1.45. The predicted molar refractivity (Wildman–Crippen MR) is 97.0 cm³/mol. The van der Waals surface area contributed by atoms with Gasteiger partial charge in [-0.05, 0) is 55.0 Å². The van der Waals surface area contributed by atoms with Gasteiger partial charge in [0, 0.05) is 11.8 Å². The quantitative estimate of drug-likeness (QED) is 0.712. The van der Waals surface area contributed by atoms with Crippen molar-refractivity contribution in [1.29, 1.82) is 0 Å². The standard InChI is InChI=1S/C20H16F3N3O3/c1-12(14-4-7-16-17(10-14)29-11-28-16)24-19(27)13-2-5-15(6-3-13)26-9-8-18(25-26)20(21,22)23/h2-10,12H,11H2,1H3,(H,24,27). The van der Waals surface area contributed by atoms with Gasteiger partial charge in [0.2, 0.25) is 6.79 Å². The Kier molecular flexibility index (Phi) is 4.65. The van der Waals surface area contributed by atoms with Gasteiger partial charge in [0.25, 0.3) is 5.91 Å². The monoisotopic (exact) mass is 403 g/mol. The Bertz CT molecular complexity index is 1050. The van der Waals surface area contributed by atoms with Gasteiger partial charge in [0.15, 0.2) is 17.2 Å². The van der Waals surface area contributed by atoms with Gasteiger partial charge in [0.1, 0.15) is 0 Å². The average Bonchev–Trinajstić information content (AvgIpc) is 3.36. The molecule has 0 fully saturated rings. The van der Waals surface area contributed by atoms with E-state index >= 15 is 0 Å². The third-order valence-electron chi connectivity index (χ3n) is 4.52. The second-order valence-electron chi connectivity index (χ2n) is 6.50. The number of hydrogen-bond donors (Lipinski definition) is 1. The molecule has 0 aliphatic carbocycles. The normalized spacial score (nSPS) is 13.9. The van der Waals surface area contributed by atoms with E-state index in [0.29, 0.717) is 22.7 Å². The van der Waals surface area contributed by atoms with Gasteiger partial charge in [-0.25, -0.2) is 4.68 Å². The molecular weight excluding hydrogens is 387 g/mol. The summed E-state index contributed by atoms with van der Waals surface area (Å²) in [5.74, 6) is 0.985. The Hall–Kier alpha value is -3.49. The smallest absolute Gasteiger partial charge is 0.435 e. The Labute approximate surface area is 163 Å². The topological polar surface area (TPSA) is 65.4 Å². The summed E-state index contributed by atoms with van der Waals surface area (Å²) in [6.07, 6.45) is -3.28. The molecule has 0 radical (unpaired) electrons. The van der Waals surface area contributed by atoms with Gasteiger partial charge in [-0.1, -0.05) is 6.07 Å². The summed E-state index contributed by atoms with van der Waals surface area (Å²) in [6, 6.07) is 12.2. The van der Waals surface area contributed by atoms with E-state index in [4.69, 9.17) is 9.47 Å². The van der Waals surface area contributed by atoms with Crippen molar-refractivity contribution in [3.8, 4) is 17.2 Å². The molecule has 2 aromatic carbocycles. The number of hydrogen-bond acceptors (Lipinski definition) is 4. The van der Waals surface area contributed by atoms with Crippen LogP contribution < -0.4 is 14.8 Å². The fourth-order valence-corrected chi connectivity index (χ4v) is 2.93. The molecule has 150 valence electrons. The lowest BCUT2D eigenvalue weighted by Gasteiger charge is -2.15. The summed E-state index contributed by atoms with van der Waals surface area (Å²) in [5.41, 5.74) is 0.678. The van der Waals surface area contributed by atoms with E-state index < -0.39 is 11.9 Å². The van der Waals surface area contributed by atoms with Crippen molar-refractivity contribution in [2.24, 2.45) is 0 Å². The second kappa shape index (κ2) is 7.16. The Morgan fingerprint density at radius 1 is 1.10 bits per heavy atom. The lowest BCUT2D eigenvalue weighted by Crippen LogP contribution is -2.26. The van der Waals surface area contributed by atoms with Crippen LogP contribution in [-0.4, -0.2) is 22.5 Å². The molecule has 2 heterocycles. The van der Waals surface area contributed by atoms with Gasteiger partial charge in [0.05, 0.1) is 11.7 Å². The first-order chi connectivity index (χ1) is 13.8. The predicted octanol–water partition coefficient (Wildman–Crippen LogP) is 4.11. The molecule has 1 amide bonds. The zero-order valence-electron chi connectivity index (χ0n) is 15.2. The van der Waals surface area contributed by atoms with Gasteiger partial charge in [-0.2, -0.15) is 18.3 Å². The first kappa shape index (κ1) is 18.9. The first-order valence-electron chi connectivity index (χ1n) is 8.75. The number of halogens is 3. The van der Waals surface area contributed by atoms with Crippen LogP contribution in [0.3, 0.4) is 0 Å². The van der Waals surface area contributed by atoms with Gasteiger partial charge < -0.3 is 14.8 Å². The number of benzene rings is 2.